The lowest BCUT2D eigenvalue weighted by molar-refractivity contribution is -0.0319. The van der Waals surface area contributed by atoms with Crippen molar-refractivity contribution >= 4 is 27.3 Å². The molecule has 0 bridgehead atoms. The maximum Gasteiger partial charge on any atom is 0.243 e. The van der Waals surface area contributed by atoms with E-state index < -0.39 is 15.6 Å². The van der Waals surface area contributed by atoms with Gasteiger partial charge in [0.2, 0.25) is 10.0 Å². The Bertz CT molecular complexity index is 625. The number of nitrogens with zero attached hydrogens (tertiary/aromatic N) is 1. The van der Waals surface area contributed by atoms with Crippen LogP contribution in [0.3, 0.4) is 0 Å². The molecule has 0 spiro atoms. The van der Waals surface area contributed by atoms with Crippen LogP contribution in [0.25, 0.3) is 0 Å². The van der Waals surface area contributed by atoms with E-state index in [1.807, 2.05) is 6.92 Å². The Balaban J connectivity index is 2.38. The van der Waals surface area contributed by atoms with Gasteiger partial charge < -0.3 is 10.5 Å². The molecule has 1 heterocycles. The summed E-state index contributed by atoms with van der Waals surface area (Å²) in [5.74, 6) is 0. The molecule has 0 aromatic heterocycles. The van der Waals surface area contributed by atoms with Crippen molar-refractivity contribution in [2.45, 2.75) is 37.2 Å². The first kappa shape index (κ1) is 16.5. The van der Waals surface area contributed by atoms with Crippen molar-refractivity contribution in [1.82, 2.24) is 4.31 Å². The predicted molar refractivity (Wildman–Crippen MR) is 84.0 cm³/mol. The van der Waals surface area contributed by atoms with Crippen molar-refractivity contribution in [3.63, 3.8) is 0 Å². The van der Waals surface area contributed by atoms with Crippen molar-refractivity contribution in [3.8, 4) is 0 Å². The van der Waals surface area contributed by atoms with E-state index >= 15 is 0 Å². The predicted octanol–water partition coefficient (Wildman–Crippen LogP) is 2.42. The number of benzene rings is 1. The third-order valence-corrected chi connectivity index (χ3v) is 6.33. The van der Waals surface area contributed by atoms with E-state index in [1.54, 1.807) is 14.0 Å². The van der Waals surface area contributed by atoms with Crippen LogP contribution in [0.4, 0.5) is 5.69 Å². The third-order valence-electron chi connectivity index (χ3n) is 4.11. The lowest BCUT2D eigenvalue weighted by Crippen LogP contribution is -2.49. The van der Waals surface area contributed by atoms with E-state index in [-0.39, 0.29) is 4.90 Å². The second-order valence-electron chi connectivity index (χ2n) is 5.72. The standard InChI is InChI=1S/C14H21ClN2O3S/c1-10-12(15)7-11(8-13(10)16)21(18,19)17-6-4-5-14(2,9-17)20-3/h7-8H,4-6,9,16H2,1-3H3. The van der Waals surface area contributed by atoms with Crippen LogP contribution in [-0.2, 0) is 14.8 Å². The number of ether oxygens (including phenoxy) is 1. The van der Waals surface area contributed by atoms with Crippen molar-refractivity contribution < 1.29 is 13.2 Å². The van der Waals surface area contributed by atoms with Crippen LogP contribution in [0.1, 0.15) is 25.3 Å². The van der Waals surface area contributed by atoms with Gasteiger partial charge in [0.15, 0.2) is 0 Å². The van der Waals surface area contributed by atoms with E-state index in [1.165, 1.54) is 16.4 Å². The summed E-state index contributed by atoms with van der Waals surface area (Å²) in [6.07, 6.45) is 1.60. The molecule has 1 atom stereocenters. The number of rotatable bonds is 3. The van der Waals surface area contributed by atoms with Crippen molar-refractivity contribution in [2.24, 2.45) is 0 Å². The highest BCUT2D eigenvalue weighted by molar-refractivity contribution is 7.89. The molecule has 1 aromatic carbocycles. The largest absolute Gasteiger partial charge is 0.398 e. The minimum Gasteiger partial charge on any atom is -0.398 e. The fourth-order valence-electron chi connectivity index (χ4n) is 2.50. The minimum absolute atomic E-state index is 0.135. The number of methoxy groups -OCH3 is 1. The number of anilines is 1. The quantitative estimate of drug-likeness (QED) is 0.863. The monoisotopic (exact) mass is 332 g/mol. The van der Waals surface area contributed by atoms with E-state index in [0.717, 1.165) is 12.8 Å². The molecule has 5 nitrogen and oxygen atoms in total. The molecule has 1 fully saturated rings. The summed E-state index contributed by atoms with van der Waals surface area (Å²) in [5, 5.41) is 0.361. The summed E-state index contributed by atoms with van der Waals surface area (Å²) < 4.78 is 32.4. The van der Waals surface area contributed by atoms with Crippen molar-refractivity contribution in [3.05, 3.63) is 22.7 Å². The van der Waals surface area contributed by atoms with Gasteiger partial charge in [0, 0.05) is 30.9 Å². The smallest absolute Gasteiger partial charge is 0.243 e. The summed E-state index contributed by atoms with van der Waals surface area (Å²) >= 11 is 6.06. The highest BCUT2D eigenvalue weighted by atomic mass is 35.5. The summed E-state index contributed by atoms with van der Waals surface area (Å²) in [7, 11) is -2.01. The van der Waals surface area contributed by atoms with Crippen molar-refractivity contribution in [2.75, 3.05) is 25.9 Å². The highest BCUT2D eigenvalue weighted by Crippen LogP contribution is 2.31. The molecular formula is C14H21ClN2O3S. The number of hydrogen-bond donors (Lipinski definition) is 1. The zero-order chi connectivity index (χ0) is 15.8. The molecule has 0 radical (unpaired) electrons. The molecule has 2 rings (SSSR count). The van der Waals surface area contributed by atoms with E-state index in [2.05, 4.69) is 0 Å². The number of piperidine rings is 1. The molecule has 1 aromatic rings. The first-order valence-electron chi connectivity index (χ1n) is 6.80. The molecule has 1 aliphatic heterocycles. The molecule has 2 N–H and O–H groups in total. The second kappa shape index (κ2) is 5.76. The Hall–Kier alpha value is -0.820. The minimum atomic E-state index is -3.62. The van der Waals surface area contributed by atoms with Gasteiger partial charge in [0.1, 0.15) is 0 Å². The van der Waals surface area contributed by atoms with Crippen LogP contribution in [0.15, 0.2) is 17.0 Å². The maximum atomic E-state index is 12.8. The molecule has 1 saturated heterocycles. The average Bonchev–Trinajstić information content (AvgIpc) is 2.44. The van der Waals surface area contributed by atoms with Gasteiger partial charge in [-0.1, -0.05) is 11.6 Å². The molecule has 118 valence electrons. The third kappa shape index (κ3) is 3.18. The molecule has 21 heavy (non-hydrogen) atoms. The molecule has 1 unspecified atom stereocenters. The number of nitrogens with two attached hydrogens (primary N) is 1. The van der Waals surface area contributed by atoms with Gasteiger partial charge in [0.05, 0.1) is 10.5 Å². The Morgan fingerprint density at radius 2 is 2.10 bits per heavy atom. The molecule has 0 saturated carbocycles. The van der Waals surface area contributed by atoms with Crippen LogP contribution < -0.4 is 5.73 Å². The highest BCUT2D eigenvalue weighted by Gasteiger charge is 2.37. The SMILES string of the molecule is COC1(C)CCCN(S(=O)(=O)c2cc(N)c(C)c(Cl)c2)C1. The van der Waals surface area contributed by atoms with Gasteiger partial charge in [-0.05, 0) is 44.4 Å². The fraction of sp³-hybridized carbons (Fsp3) is 0.571. The number of halogens is 1. The van der Waals surface area contributed by atoms with Crippen LogP contribution in [0.5, 0.6) is 0 Å². The summed E-state index contributed by atoms with van der Waals surface area (Å²) in [4.78, 5) is 0.135. The summed E-state index contributed by atoms with van der Waals surface area (Å²) in [6.45, 7) is 4.49. The number of nitrogen functional groups attached to an aromatic ring is 1. The normalized spacial score (nSPS) is 24.2. The van der Waals surface area contributed by atoms with Gasteiger partial charge in [-0.15, -0.1) is 0 Å². The fourth-order valence-corrected chi connectivity index (χ4v) is 4.45. The van der Waals surface area contributed by atoms with Gasteiger partial charge in [-0.2, -0.15) is 4.31 Å². The number of sulfonamides is 1. The van der Waals surface area contributed by atoms with Crippen LogP contribution in [0, 0.1) is 6.92 Å². The van der Waals surface area contributed by atoms with Crippen molar-refractivity contribution in [1.29, 1.82) is 0 Å². The first-order chi connectivity index (χ1) is 9.69. The molecule has 0 aliphatic carbocycles. The van der Waals surface area contributed by atoms with Crippen LogP contribution >= 0.6 is 11.6 Å². The Morgan fingerprint density at radius 3 is 2.67 bits per heavy atom. The number of hydrogen-bond acceptors (Lipinski definition) is 4. The van der Waals surface area contributed by atoms with E-state index in [9.17, 15) is 8.42 Å². The second-order valence-corrected chi connectivity index (χ2v) is 8.06. The molecule has 1 aliphatic rings. The summed E-state index contributed by atoms with van der Waals surface area (Å²) in [6, 6.07) is 2.93. The Labute approximate surface area is 131 Å². The molecular weight excluding hydrogens is 312 g/mol. The first-order valence-corrected chi connectivity index (χ1v) is 8.62. The Morgan fingerprint density at radius 1 is 1.43 bits per heavy atom. The molecule has 7 heteroatoms. The van der Waals surface area contributed by atoms with Gasteiger partial charge >= 0.3 is 0 Å². The van der Waals surface area contributed by atoms with Gasteiger partial charge in [-0.3, -0.25) is 0 Å². The zero-order valence-electron chi connectivity index (χ0n) is 12.5. The van der Waals surface area contributed by atoms with E-state index in [4.69, 9.17) is 22.1 Å². The van der Waals surface area contributed by atoms with Crippen LogP contribution in [0.2, 0.25) is 5.02 Å². The maximum absolute atomic E-state index is 12.8. The average molecular weight is 333 g/mol. The Kier molecular flexibility index (Phi) is 4.54. The van der Waals surface area contributed by atoms with Gasteiger partial charge in [-0.25, -0.2) is 8.42 Å². The lowest BCUT2D eigenvalue weighted by atomic mass is 9.96. The van der Waals surface area contributed by atoms with E-state index in [0.29, 0.717) is 29.4 Å². The zero-order valence-corrected chi connectivity index (χ0v) is 14.1. The van der Waals surface area contributed by atoms with Gasteiger partial charge in [0.25, 0.3) is 0 Å². The lowest BCUT2D eigenvalue weighted by Gasteiger charge is -2.38. The summed E-state index contributed by atoms with van der Waals surface area (Å²) in [5.41, 5.74) is 6.45. The molecule has 0 amide bonds. The topological polar surface area (TPSA) is 72.6 Å². The van der Waals surface area contributed by atoms with Crippen LogP contribution in [-0.4, -0.2) is 38.5 Å².